The molecule has 2 aromatic rings. The highest BCUT2D eigenvalue weighted by molar-refractivity contribution is 7.89. The van der Waals surface area contributed by atoms with Crippen LogP contribution in [0.4, 0.5) is 0 Å². The molecule has 98 valence electrons. The molecule has 1 aromatic carbocycles. The molecule has 0 radical (unpaired) electrons. The molecular weight excluding hydrogens is 262 g/mol. The molecule has 0 bridgehead atoms. The summed E-state index contributed by atoms with van der Waals surface area (Å²) in [4.78, 5) is 6.32. The second kappa shape index (κ2) is 5.62. The van der Waals surface area contributed by atoms with Crippen molar-refractivity contribution in [1.82, 2.24) is 9.82 Å². The summed E-state index contributed by atoms with van der Waals surface area (Å²) in [5.74, 6) is 0. The molecule has 0 aliphatic rings. The molecule has 0 saturated carbocycles. The number of benzene rings is 1. The Kier molecular flexibility index (Phi) is 3.91. The maximum Gasteiger partial charge on any atom is 0.276 e. The number of pyridine rings is 1. The van der Waals surface area contributed by atoms with Crippen LogP contribution in [0.1, 0.15) is 11.3 Å². The third-order valence-corrected chi connectivity index (χ3v) is 3.63. The molecule has 5 nitrogen and oxygen atoms in total. The molecule has 0 aliphatic carbocycles. The fourth-order valence-corrected chi connectivity index (χ4v) is 2.18. The summed E-state index contributed by atoms with van der Waals surface area (Å²) < 4.78 is 23.8. The third-order valence-electron chi connectivity index (χ3n) is 2.39. The van der Waals surface area contributed by atoms with Crippen LogP contribution in [0.5, 0.6) is 0 Å². The smallest absolute Gasteiger partial charge is 0.255 e. The first-order valence-corrected chi connectivity index (χ1v) is 7.09. The van der Waals surface area contributed by atoms with Crippen LogP contribution in [0.2, 0.25) is 0 Å². The van der Waals surface area contributed by atoms with Gasteiger partial charge in [-0.3, -0.25) is 4.98 Å². The summed E-state index contributed by atoms with van der Waals surface area (Å²) in [6.07, 6.45) is 2.96. The Balaban J connectivity index is 2.10. The Bertz CT molecular complexity index is 665. The highest BCUT2D eigenvalue weighted by atomic mass is 32.2. The maximum atomic E-state index is 11.9. The van der Waals surface area contributed by atoms with E-state index in [0.717, 1.165) is 5.56 Å². The van der Waals surface area contributed by atoms with E-state index in [1.165, 1.54) is 18.3 Å². The van der Waals surface area contributed by atoms with Crippen molar-refractivity contribution in [2.75, 3.05) is 0 Å². The Morgan fingerprint density at radius 3 is 2.53 bits per heavy atom. The number of nitrogens with one attached hydrogen (secondary N) is 1. The summed E-state index contributed by atoms with van der Waals surface area (Å²) in [5.41, 5.74) is 1.57. The van der Waals surface area contributed by atoms with E-state index in [1.807, 2.05) is 6.92 Å². The summed E-state index contributed by atoms with van der Waals surface area (Å²) in [7, 11) is -3.62. The van der Waals surface area contributed by atoms with Crippen LogP contribution >= 0.6 is 0 Å². The number of aryl methyl sites for hydroxylation is 1. The second-order valence-electron chi connectivity index (χ2n) is 3.92. The zero-order valence-electron chi connectivity index (χ0n) is 10.3. The average molecular weight is 275 g/mol. The summed E-state index contributed by atoms with van der Waals surface area (Å²) in [6.45, 7) is 1.89. The monoisotopic (exact) mass is 275 g/mol. The van der Waals surface area contributed by atoms with E-state index in [0.29, 0.717) is 5.69 Å². The van der Waals surface area contributed by atoms with Gasteiger partial charge in [0, 0.05) is 6.20 Å². The molecule has 0 amide bonds. The topological polar surface area (TPSA) is 71.4 Å². The van der Waals surface area contributed by atoms with Crippen molar-refractivity contribution in [2.24, 2.45) is 5.10 Å². The van der Waals surface area contributed by atoms with Crippen LogP contribution in [0.25, 0.3) is 0 Å². The second-order valence-corrected chi connectivity index (χ2v) is 5.58. The predicted molar refractivity (Wildman–Crippen MR) is 73.3 cm³/mol. The quantitative estimate of drug-likeness (QED) is 0.682. The van der Waals surface area contributed by atoms with Crippen molar-refractivity contribution in [2.45, 2.75) is 11.8 Å². The fraction of sp³-hybridized carbons (Fsp3) is 0.0769. The Hall–Kier alpha value is -2.21. The number of rotatable bonds is 4. The zero-order chi connectivity index (χ0) is 13.7. The van der Waals surface area contributed by atoms with Crippen LogP contribution in [-0.2, 0) is 10.0 Å². The molecule has 19 heavy (non-hydrogen) atoms. The fourth-order valence-electron chi connectivity index (χ4n) is 1.38. The lowest BCUT2D eigenvalue weighted by Gasteiger charge is -2.03. The molecule has 0 spiro atoms. The zero-order valence-corrected chi connectivity index (χ0v) is 11.1. The van der Waals surface area contributed by atoms with Crippen molar-refractivity contribution in [1.29, 1.82) is 0 Å². The van der Waals surface area contributed by atoms with E-state index in [2.05, 4.69) is 14.9 Å². The normalized spacial score (nSPS) is 11.6. The van der Waals surface area contributed by atoms with Crippen molar-refractivity contribution in [3.05, 3.63) is 59.9 Å². The van der Waals surface area contributed by atoms with Gasteiger partial charge in [0.15, 0.2) is 0 Å². The lowest BCUT2D eigenvalue weighted by atomic mass is 10.2. The van der Waals surface area contributed by atoms with Gasteiger partial charge in [-0.2, -0.15) is 13.5 Å². The number of aromatic nitrogens is 1. The van der Waals surface area contributed by atoms with Crippen LogP contribution < -0.4 is 4.83 Å². The van der Waals surface area contributed by atoms with Crippen molar-refractivity contribution in [3.8, 4) is 0 Å². The van der Waals surface area contributed by atoms with Gasteiger partial charge in [0.2, 0.25) is 0 Å². The minimum Gasteiger partial charge on any atom is -0.255 e. The van der Waals surface area contributed by atoms with E-state index in [4.69, 9.17) is 0 Å². The van der Waals surface area contributed by atoms with E-state index >= 15 is 0 Å². The van der Waals surface area contributed by atoms with Crippen LogP contribution in [0.3, 0.4) is 0 Å². The first kappa shape index (κ1) is 13.2. The SMILES string of the molecule is Cc1ccc(S(=O)(=O)N/N=C\c2ccccn2)cc1. The lowest BCUT2D eigenvalue weighted by molar-refractivity contribution is 0.584. The van der Waals surface area contributed by atoms with Gasteiger partial charge in [-0.1, -0.05) is 23.8 Å². The van der Waals surface area contributed by atoms with Crippen LogP contribution in [0.15, 0.2) is 58.7 Å². The molecule has 2 rings (SSSR count). The van der Waals surface area contributed by atoms with E-state index in [-0.39, 0.29) is 4.90 Å². The van der Waals surface area contributed by atoms with Gasteiger partial charge < -0.3 is 0 Å². The Morgan fingerprint density at radius 2 is 1.89 bits per heavy atom. The molecule has 0 saturated heterocycles. The summed E-state index contributed by atoms with van der Waals surface area (Å²) >= 11 is 0. The number of hydrogen-bond acceptors (Lipinski definition) is 4. The molecule has 0 unspecified atom stereocenters. The number of nitrogens with zero attached hydrogens (tertiary/aromatic N) is 2. The van der Waals surface area contributed by atoms with Gasteiger partial charge in [-0.25, -0.2) is 4.83 Å². The third kappa shape index (κ3) is 3.62. The van der Waals surface area contributed by atoms with Crippen molar-refractivity contribution in [3.63, 3.8) is 0 Å². The molecule has 1 heterocycles. The van der Waals surface area contributed by atoms with E-state index in [1.54, 1.807) is 36.5 Å². The van der Waals surface area contributed by atoms with Crippen LogP contribution in [-0.4, -0.2) is 19.6 Å². The van der Waals surface area contributed by atoms with Gasteiger partial charge >= 0.3 is 0 Å². The molecule has 6 heteroatoms. The van der Waals surface area contributed by atoms with Crippen LogP contribution in [0, 0.1) is 6.92 Å². The molecule has 0 atom stereocenters. The molecular formula is C13H13N3O2S. The molecule has 1 aromatic heterocycles. The predicted octanol–water partition coefficient (Wildman–Crippen LogP) is 1.70. The first-order valence-electron chi connectivity index (χ1n) is 5.60. The molecule has 0 aliphatic heterocycles. The summed E-state index contributed by atoms with van der Waals surface area (Å²) in [6, 6.07) is 11.8. The minimum atomic E-state index is -3.62. The highest BCUT2D eigenvalue weighted by Crippen LogP contribution is 2.09. The van der Waals surface area contributed by atoms with Gasteiger partial charge in [-0.05, 0) is 31.2 Å². The lowest BCUT2D eigenvalue weighted by Crippen LogP contribution is -2.18. The first-order chi connectivity index (χ1) is 9.08. The van der Waals surface area contributed by atoms with Gasteiger partial charge in [0.05, 0.1) is 16.8 Å². The van der Waals surface area contributed by atoms with Gasteiger partial charge in [-0.15, -0.1) is 0 Å². The van der Waals surface area contributed by atoms with Crippen molar-refractivity contribution >= 4 is 16.2 Å². The summed E-state index contributed by atoms with van der Waals surface area (Å²) in [5, 5.41) is 3.69. The van der Waals surface area contributed by atoms with E-state index in [9.17, 15) is 8.42 Å². The van der Waals surface area contributed by atoms with E-state index < -0.39 is 10.0 Å². The maximum absolute atomic E-state index is 11.9. The average Bonchev–Trinajstić information content (AvgIpc) is 2.40. The molecule has 1 N–H and O–H groups in total. The standard InChI is InChI=1S/C13H13N3O2S/c1-11-5-7-13(8-6-11)19(17,18)16-15-10-12-4-2-3-9-14-12/h2-10,16H,1H3/b15-10-. The Morgan fingerprint density at radius 1 is 1.16 bits per heavy atom. The largest absolute Gasteiger partial charge is 0.276 e. The van der Waals surface area contributed by atoms with Crippen molar-refractivity contribution < 1.29 is 8.42 Å². The number of hydrazone groups is 1. The number of sulfonamides is 1. The molecule has 0 fully saturated rings. The van der Waals surface area contributed by atoms with Gasteiger partial charge in [0.1, 0.15) is 0 Å². The number of hydrogen-bond donors (Lipinski definition) is 1. The minimum absolute atomic E-state index is 0.177. The van der Waals surface area contributed by atoms with Gasteiger partial charge in [0.25, 0.3) is 10.0 Å². The highest BCUT2D eigenvalue weighted by Gasteiger charge is 2.11. The Labute approximate surface area is 112 Å².